The quantitative estimate of drug-likeness (QED) is 0.562. The van der Waals surface area contributed by atoms with Gasteiger partial charge in [0.15, 0.2) is 5.11 Å². The number of nitrogens with one attached hydrogen (secondary N) is 2. The molecule has 0 fully saturated rings. The molecule has 3 nitrogen and oxygen atoms in total. The number of alkyl halides is 3. The van der Waals surface area contributed by atoms with Crippen molar-refractivity contribution in [2.45, 2.75) is 32.0 Å². The van der Waals surface area contributed by atoms with Gasteiger partial charge >= 0.3 is 6.18 Å². The topological polar surface area (TPSA) is 33.3 Å². The Hall–Kier alpha value is -0.560. The molecular weight excluding hydrogens is 241 g/mol. The van der Waals surface area contributed by atoms with Crippen molar-refractivity contribution >= 4 is 17.3 Å². The maximum absolute atomic E-state index is 11.8. The zero-order chi connectivity index (χ0) is 12.6. The normalized spacial score (nSPS) is 13.3. The van der Waals surface area contributed by atoms with Gasteiger partial charge < -0.3 is 15.4 Å². The van der Waals surface area contributed by atoms with Gasteiger partial charge in [-0.1, -0.05) is 0 Å². The van der Waals surface area contributed by atoms with E-state index < -0.39 is 12.6 Å². The predicted molar refractivity (Wildman–Crippen MR) is 60.4 cm³/mol. The molecule has 0 aromatic heterocycles. The van der Waals surface area contributed by atoms with Gasteiger partial charge in [-0.3, -0.25) is 0 Å². The minimum atomic E-state index is -4.10. The summed E-state index contributed by atoms with van der Waals surface area (Å²) in [5.41, 5.74) is 0. The van der Waals surface area contributed by atoms with Crippen molar-refractivity contribution in [3.63, 3.8) is 0 Å². The molecule has 0 aliphatic heterocycles. The SMILES string of the molecule is COCC(C)NC(=S)NCCCC(F)(F)F. The molecule has 7 heteroatoms. The third-order valence-corrected chi connectivity index (χ3v) is 1.98. The lowest BCUT2D eigenvalue weighted by Crippen LogP contribution is -2.42. The molecule has 0 aromatic rings. The maximum atomic E-state index is 11.8. The van der Waals surface area contributed by atoms with E-state index in [1.54, 1.807) is 7.11 Å². The molecule has 0 aromatic carbocycles. The van der Waals surface area contributed by atoms with Gasteiger partial charge in [-0.25, -0.2) is 0 Å². The average Bonchev–Trinajstić information content (AvgIpc) is 2.11. The standard InChI is InChI=1S/C9H17F3N2OS/c1-7(6-15-2)14-8(16)13-5-3-4-9(10,11)12/h7H,3-6H2,1-2H3,(H2,13,14,16). The first kappa shape index (κ1) is 15.4. The van der Waals surface area contributed by atoms with Crippen LogP contribution < -0.4 is 10.6 Å². The van der Waals surface area contributed by atoms with Gasteiger partial charge in [-0.2, -0.15) is 13.2 Å². The number of rotatable bonds is 6. The van der Waals surface area contributed by atoms with Crippen LogP contribution in [0.3, 0.4) is 0 Å². The fourth-order valence-corrected chi connectivity index (χ4v) is 1.36. The molecule has 16 heavy (non-hydrogen) atoms. The van der Waals surface area contributed by atoms with Crippen LogP contribution in [0.5, 0.6) is 0 Å². The molecule has 0 bridgehead atoms. The highest BCUT2D eigenvalue weighted by Gasteiger charge is 2.25. The molecule has 0 saturated heterocycles. The highest BCUT2D eigenvalue weighted by Crippen LogP contribution is 2.20. The lowest BCUT2D eigenvalue weighted by atomic mass is 10.3. The van der Waals surface area contributed by atoms with Crippen LogP contribution in [-0.2, 0) is 4.74 Å². The van der Waals surface area contributed by atoms with Gasteiger partial charge in [0.1, 0.15) is 0 Å². The van der Waals surface area contributed by atoms with Crippen molar-refractivity contribution in [2.24, 2.45) is 0 Å². The van der Waals surface area contributed by atoms with Gasteiger partial charge in [0.25, 0.3) is 0 Å². The van der Waals surface area contributed by atoms with E-state index in [0.29, 0.717) is 11.7 Å². The summed E-state index contributed by atoms with van der Waals surface area (Å²) in [6, 6.07) is 0.0348. The Morgan fingerprint density at radius 1 is 1.44 bits per heavy atom. The van der Waals surface area contributed by atoms with E-state index in [4.69, 9.17) is 17.0 Å². The van der Waals surface area contributed by atoms with Crippen LogP contribution in [0.15, 0.2) is 0 Å². The summed E-state index contributed by atoms with van der Waals surface area (Å²) in [6.07, 6.45) is -4.87. The Bertz CT molecular complexity index is 211. The highest BCUT2D eigenvalue weighted by atomic mass is 32.1. The first-order chi connectivity index (χ1) is 7.35. The van der Waals surface area contributed by atoms with E-state index in [0.717, 1.165) is 0 Å². The fraction of sp³-hybridized carbons (Fsp3) is 0.889. The highest BCUT2D eigenvalue weighted by molar-refractivity contribution is 7.80. The Morgan fingerprint density at radius 2 is 2.06 bits per heavy atom. The van der Waals surface area contributed by atoms with Gasteiger partial charge in [0, 0.05) is 26.1 Å². The number of thiocarbonyl (C=S) groups is 1. The Kier molecular flexibility index (Phi) is 7.40. The van der Waals surface area contributed by atoms with Crippen LogP contribution in [-0.4, -0.2) is 37.6 Å². The van der Waals surface area contributed by atoms with Crippen LogP contribution in [0.1, 0.15) is 19.8 Å². The van der Waals surface area contributed by atoms with Crippen molar-refractivity contribution in [1.29, 1.82) is 0 Å². The fourth-order valence-electron chi connectivity index (χ4n) is 1.06. The number of methoxy groups -OCH3 is 1. The summed E-state index contributed by atoms with van der Waals surface area (Å²) >= 11 is 4.89. The molecule has 0 saturated carbocycles. The molecule has 0 rings (SSSR count). The molecular formula is C9H17F3N2OS. The second kappa shape index (κ2) is 7.67. The molecule has 0 amide bonds. The third-order valence-electron chi connectivity index (χ3n) is 1.72. The summed E-state index contributed by atoms with van der Waals surface area (Å²) in [4.78, 5) is 0. The van der Waals surface area contributed by atoms with Gasteiger partial charge in [-0.05, 0) is 25.6 Å². The van der Waals surface area contributed by atoms with Crippen molar-refractivity contribution in [3.8, 4) is 0 Å². The first-order valence-electron chi connectivity index (χ1n) is 4.95. The summed E-state index contributed by atoms with van der Waals surface area (Å²) < 4.78 is 40.3. The summed E-state index contributed by atoms with van der Waals surface area (Å²) in [5, 5.41) is 5.96. The van der Waals surface area contributed by atoms with Crippen LogP contribution >= 0.6 is 12.2 Å². The molecule has 0 heterocycles. The van der Waals surface area contributed by atoms with Crippen molar-refractivity contribution in [2.75, 3.05) is 20.3 Å². The second-order valence-electron chi connectivity index (χ2n) is 3.48. The maximum Gasteiger partial charge on any atom is 0.389 e. The number of ether oxygens (including phenoxy) is 1. The molecule has 1 atom stereocenters. The molecule has 0 radical (unpaired) electrons. The van der Waals surface area contributed by atoms with Crippen molar-refractivity contribution in [1.82, 2.24) is 10.6 Å². The van der Waals surface area contributed by atoms with Gasteiger partial charge in [-0.15, -0.1) is 0 Å². The Morgan fingerprint density at radius 3 is 2.56 bits per heavy atom. The summed E-state index contributed by atoms with van der Waals surface area (Å²) in [7, 11) is 1.57. The molecule has 0 aliphatic rings. The largest absolute Gasteiger partial charge is 0.389 e. The molecule has 1 unspecified atom stereocenters. The Balaban J connectivity index is 3.51. The van der Waals surface area contributed by atoms with E-state index in [-0.39, 0.29) is 19.0 Å². The van der Waals surface area contributed by atoms with Crippen LogP contribution in [0.4, 0.5) is 13.2 Å². The number of hydrogen-bond donors (Lipinski definition) is 2. The number of hydrogen-bond acceptors (Lipinski definition) is 2. The van der Waals surface area contributed by atoms with Gasteiger partial charge in [0.2, 0.25) is 0 Å². The van der Waals surface area contributed by atoms with E-state index in [2.05, 4.69) is 10.6 Å². The van der Waals surface area contributed by atoms with Crippen molar-refractivity contribution in [3.05, 3.63) is 0 Å². The summed E-state index contributed by atoms with van der Waals surface area (Å²) in [6.45, 7) is 2.57. The monoisotopic (exact) mass is 258 g/mol. The van der Waals surface area contributed by atoms with E-state index in [1.165, 1.54) is 0 Å². The molecule has 0 aliphatic carbocycles. The smallest absolute Gasteiger partial charge is 0.383 e. The van der Waals surface area contributed by atoms with E-state index in [1.807, 2.05) is 6.92 Å². The van der Waals surface area contributed by atoms with Crippen molar-refractivity contribution < 1.29 is 17.9 Å². The minimum Gasteiger partial charge on any atom is -0.383 e. The van der Waals surface area contributed by atoms with Crippen LogP contribution in [0.25, 0.3) is 0 Å². The van der Waals surface area contributed by atoms with Gasteiger partial charge in [0.05, 0.1) is 6.61 Å². The molecule has 2 N–H and O–H groups in total. The molecule has 96 valence electrons. The van der Waals surface area contributed by atoms with E-state index in [9.17, 15) is 13.2 Å². The summed E-state index contributed by atoms with van der Waals surface area (Å²) in [5.74, 6) is 0. The lowest BCUT2D eigenvalue weighted by molar-refractivity contribution is -0.135. The minimum absolute atomic E-state index is 0.0178. The third kappa shape index (κ3) is 9.97. The zero-order valence-electron chi connectivity index (χ0n) is 9.36. The zero-order valence-corrected chi connectivity index (χ0v) is 10.2. The molecule has 0 spiro atoms. The second-order valence-corrected chi connectivity index (χ2v) is 3.88. The average molecular weight is 258 g/mol. The first-order valence-corrected chi connectivity index (χ1v) is 5.36. The lowest BCUT2D eigenvalue weighted by Gasteiger charge is -2.16. The van der Waals surface area contributed by atoms with E-state index >= 15 is 0 Å². The van der Waals surface area contributed by atoms with Crippen LogP contribution in [0, 0.1) is 0 Å². The predicted octanol–water partition coefficient (Wildman–Crippen LogP) is 1.83. The van der Waals surface area contributed by atoms with Crippen LogP contribution in [0.2, 0.25) is 0 Å². The number of halogens is 3. The Labute approximate surface area is 98.7 Å².